The van der Waals surface area contributed by atoms with Gasteiger partial charge in [0.1, 0.15) is 5.58 Å². The van der Waals surface area contributed by atoms with E-state index in [2.05, 4.69) is 18.2 Å². The number of furan rings is 1. The van der Waals surface area contributed by atoms with E-state index in [-0.39, 0.29) is 0 Å². The van der Waals surface area contributed by atoms with Crippen molar-refractivity contribution in [1.29, 1.82) is 0 Å². The Morgan fingerprint density at radius 2 is 1.69 bits per heavy atom. The molecule has 78 valence electrons. The quantitative estimate of drug-likeness (QED) is 0.586. The number of hydrogen-bond donors (Lipinski definition) is 0. The van der Waals surface area contributed by atoms with Crippen molar-refractivity contribution in [1.82, 2.24) is 0 Å². The molecule has 0 unspecified atom stereocenters. The molecule has 0 saturated carbocycles. The molecule has 0 aliphatic carbocycles. The molecule has 0 amide bonds. The highest BCUT2D eigenvalue weighted by Gasteiger charge is 2.07. The molecule has 2 aromatic carbocycles. The SMILES string of the molecule is Clc1cc2c(-c3ccccc3)cccc2o1. The van der Waals surface area contributed by atoms with E-state index in [4.69, 9.17) is 16.0 Å². The Hall–Kier alpha value is -1.73. The van der Waals surface area contributed by atoms with Gasteiger partial charge in [0.25, 0.3) is 0 Å². The summed E-state index contributed by atoms with van der Waals surface area (Å²) < 4.78 is 5.40. The molecule has 1 nitrogen and oxygen atoms in total. The fourth-order valence-corrected chi connectivity index (χ4v) is 2.09. The van der Waals surface area contributed by atoms with Gasteiger partial charge in [0.15, 0.2) is 5.22 Å². The fraction of sp³-hybridized carbons (Fsp3) is 0. The van der Waals surface area contributed by atoms with Crippen LogP contribution in [0.2, 0.25) is 5.22 Å². The summed E-state index contributed by atoms with van der Waals surface area (Å²) >= 11 is 5.88. The van der Waals surface area contributed by atoms with E-state index < -0.39 is 0 Å². The molecule has 1 aromatic heterocycles. The van der Waals surface area contributed by atoms with E-state index in [1.165, 1.54) is 5.56 Å². The smallest absolute Gasteiger partial charge is 0.194 e. The van der Waals surface area contributed by atoms with Crippen LogP contribution in [-0.4, -0.2) is 0 Å². The average Bonchev–Trinajstić information content (AvgIpc) is 2.70. The van der Waals surface area contributed by atoms with Gasteiger partial charge in [-0.3, -0.25) is 0 Å². The van der Waals surface area contributed by atoms with Crippen LogP contribution in [0, 0.1) is 0 Å². The Labute approximate surface area is 98.3 Å². The molecule has 0 fully saturated rings. The van der Waals surface area contributed by atoms with E-state index in [1.807, 2.05) is 36.4 Å². The van der Waals surface area contributed by atoms with E-state index in [9.17, 15) is 0 Å². The zero-order chi connectivity index (χ0) is 11.0. The van der Waals surface area contributed by atoms with Crippen LogP contribution in [0.15, 0.2) is 59.0 Å². The van der Waals surface area contributed by atoms with Gasteiger partial charge in [0, 0.05) is 11.5 Å². The molecule has 0 aliphatic heterocycles. The van der Waals surface area contributed by atoms with Crippen molar-refractivity contribution in [3.8, 4) is 11.1 Å². The highest BCUT2D eigenvalue weighted by molar-refractivity contribution is 6.30. The van der Waals surface area contributed by atoms with Crippen LogP contribution in [0.4, 0.5) is 0 Å². The highest BCUT2D eigenvalue weighted by atomic mass is 35.5. The molecule has 0 aliphatic rings. The molecule has 0 N–H and O–H groups in total. The molecule has 16 heavy (non-hydrogen) atoms. The molecule has 2 heteroatoms. The topological polar surface area (TPSA) is 13.1 Å². The Bertz CT molecular complexity index is 626. The molecule has 0 radical (unpaired) electrons. The molecule has 3 rings (SSSR count). The summed E-state index contributed by atoms with van der Waals surface area (Å²) in [7, 11) is 0. The van der Waals surface area contributed by atoms with Crippen LogP contribution in [0.5, 0.6) is 0 Å². The third-order valence-electron chi connectivity index (χ3n) is 2.62. The lowest BCUT2D eigenvalue weighted by Gasteiger charge is -2.01. The second kappa shape index (κ2) is 3.69. The minimum atomic E-state index is 0.429. The second-order valence-electron chi connectivity index (χ2n) is 3.63. The normalized spacial score (nSPS) is 10.8. The van der Waals surface area contributed by atoms with Crippen LogP contribution in [0.25, 0.3) is 22.1 Å². The second-order valence-corrected chi connectivity index (χ2v) is 4.01. The lowest BCUT2D eigenvalue weighted by Crippen LogP contribution is -1.76. The van der Waals surface area contributed by atoms with Crippen LogP contribution < -0.4 is 0 Å². The summed E-state index contributed by atoms with van der Waals surface area (Å²) in [5, 5.41) is 1.48. The van der Waals surface area contributed by atoms with Crippen LogP contribution in [0.1, 0.15) is 0 Å². The molecule has 3 aromatic rings. The maximum Gasteiger partial charge on any atom is 0.194 e. The minimum absolute atomic E-state index is 0.429. The number of fused-ring (bicyclic) bond motifs is 1. The number of benzene rings is 2. The van der Waals surface area contributed by atoms with Gasteiger partial charge >= 0.3 is 0 Å². The average molecular weight is 229 g/mol. The van der Waals surface area contributed by atoms with Crippen molar-refractivity contribution < 1.29 is 4.42 Å². The van der Waals surface area contributed by atoms with Gasteiger partial charge in [0.05, 0.1) is 0 Å². The third-order valence-corrected chi connectivity index (χ3v) is 2.80. The first-order valence-electron chi connectivity index (χ1n) is 5.08. The summed E-state index contributed by atoms with van der Waals surface area (Å²) in [5.41, 5.74) is 3.14. The zero-order valence-corrected chi connectivity index (χ0v) is 9.24. The largest absolute Gasteiger partial charge is 0.445 e. The van der Waals surface area contributed by atoms with E-state index in [0.29, 0.717) is 5.22 Å². The van der Waals surface area contributed by atoms with Gasteiger partial charge in [-0.05, 0) is 28.8 Å². The predicted molar refractivity (Wildman–Crippen MR) is 66.7 cm³/mol. The van der Waals surface area contributed by atoms with Crippen molar-refractivity contribution in [3.05, 3.63) is 59.8 Å². The van der Waals surface area contributed by atoms with Crippen LogP contribution in [-0.2, 0) is 0 Å². The molecule has 1 heterocycles. The maximum atomic E-state index is 5.88. The zero-order valence-electron chi connectivity index (χ0n) is 8.48. The first-order chi connectivity index (χ1) is 7.84. The molecule has 0 saturated heterocycles. The standard InChI is InChI=1S/C14H9ClO/c15-14-9-12-11(7-4-8-13(12)16-14)10-5-2-1-3-6-10/h1-9H. The first kappa shape index (κ1) is 9.49. The Balaban J connectivity index is 2.31. The van der Waals surface area contributed by atoms with E-state index in [1.54, 1.807) is 0 Å². The maximum absolute atomic E-state index is 5.88. The summed E-state index contributed by atoms with van der Waals surface area (Å²) in [4.78, 5) is 0. The van der Waals surface area contributed by atoms with Gasteiger partial charge in [-0.2, -0.15) is 0 Å². The summed E-state index contributed by atoms with van der Waals surface area (Å²) in [6.07, 6.45) is 0. The lowest BCUT2D eigenvalue weighted by molar-refractivity contribution is 0.618. The fourth-order valence-electron chi connectivity index (χ4n) is 1.90. The minimum Gasteiger partial charge on any atom is -0.445 e. The number of halogens is 1. The van der Waals surface area contributed by atoms with E-state index >= 15 is 0 Å². The Morgan fingerprint density at radius 1 is 0.875 bits per heavy atom. The van der Waals surface area contributed by atoms with Crippen molar-refractivity contribution >= 4 is 22.6 Å². The van der Waals surface area contributed by atoms with Crippen LogP contribution in [0.3, 0.4) is 0 Å². The predicted octanol–water partition coefficient (Wildman–Crippen LogP) is 4.75. The monoisotopic (exact) mass is 228 g/mol. The first-order valence-corrected chi connectivity index (χ1v) is 5.46. The number of hydrogen-bond acceptors (Lipinski definition) is 1. The van der Waals surface area contributed by atoms with Crippen LogP contribution >= 0.6 is 11.6 Å². The number of rotatable bonds is 1. The Morgan fingerprint density at radius 3 is 2.50 bits per heavy atom. The Kier molecular flexibility index (Phi) is 2.19. The van der Waals surface area contributed by atoms with Crippen molar-refractivity contribution in [2.45, 2.75) is 0 Å². The molecular weight excluding hydrogens is 220 g/mol. The van der Waals surface area contributed by atoms with Crippen molar-refractivity contribution in [2.75, 3.05) is 0 Å². The van der Waals surface area contributed by atoms with E-state index in [0.717, 1.165) is 16.5 Å². The molecule has 0 atom stereocenters. The lowest BCUT2D eigenvalue weighted by atomic mass is 10.0. The van der Waals surface area contributed by atoms with Gasteiger partial charge in [-0.15, -0.1) is 0 Å². The summed E-state index contributed by atoms with van der Waals surface area (Å²) in [5.74, 6) is 0. The molecular formula is C14H9ClO. The highest BCUT2D eigenvalue weighted by Crippen LogP contribution is 2.32. The third kappa shape index (κ3) is 1.50. The summed E-state index contributed by atoms with van der Waals surface area (Å²) in [6, 6.07) is 18.0. The van der Waals surface area contributed by atoms with Crippen molar-refractivity contribution in [2.24, 2.45) is 0 Å². The van der Waals surface area contributed by atoms with Gasteiger partial charge in [0.2, 0.25) is 0 Å². The van der Waals surface area contributed by atoms with Gasteiger partial charge in [-0.25, -0.2) is 0 Å². The van der Waals surface area contributed by atoms with Gasteiger partial charge < -0.3 is 4.42 Å². The summed E-state index contributed by atoms with van der Waals surface area (Å²) in [6.45, 7) is 0. The van der Waals surface area contributed by atoms with Crippen molar-refractivity contribution in [3.63, 3.8) is 0 Å². The molecule has 0 bridgehead atoms. The van der Waals surface area contributed by atoms with Gasteiger partial charge in [-0.1, -0.05) is 42.5 Å². The molecule has 0 spiro atoms.